The van der Waals surface area contributed by atoms with Gasteiger partial charge in [-0.05, 0) is 30.7 Å². The molecule has 1 unspecified atom stereocenters. The molecule has 0 radical (unpaired) electrons. The van der Waals surface area contributed by atoms with Crippen molar-refractivity contribution < 1.29 is 18.7 Å². The Kier molecular flexibility index (Phi) is 7.46. The Labute approximate surface area is 193 Å². The third-order valence-corrected chi connectivity index (χ3v) is 5.27. The van der Waals surface area contributed by atoms with Crippen LogP contribution in [0, 0.1) is 5.82 Å². The quantitative estimate of drug-likeness (QED) is 0.450. The van der Waals surface area contributed by atoms with Crippen LogP contribution in [0.3, 0.4) is 0 Å². The normalized spacial score (nSPS) is 15.3. The highest BCUT2D eigenvalue weighted by Gasteiger charge is 2.38. The SMILES string of the molecule is CCCn1c(N)c(N(CCOC)C(=O)C2=NN(c3ccc(F)cc3)C(C(N)=O)C2)c(=O)[nH]c1=O. The third kappa shape index (κ3) is 4.83. The average Bonchev–Trinajstić information content (AvgIpc) is 3.24. The molecule has 12 nitrogen and oxygen atoms in total. The number of aromatic nitrogens is 2. The largest absolute Gasteiger partial charge is 0.383 e. The number of aromatic amines is 1. The standard InChI is InChI=1S/C21H26FN7O5/c1-3-8-28-17(23)16(19(31)25-21(28)33)27(9-10-34-2)20(32)14-11-15(18(24)30)29(26-14)13-6-4-12(22)5-7-13/h4-7,15H,3,8-11,23H2,1-2H3,(H2,24,30)(H,25,31,33). The van der Waals surface area contributed by atoms with Crippen molar-refractivity contribution in [3.8, 4) is 0 Å². The number of nitrogens with zero attached hydrogens (tertiary/aromatic N) is 4. The summed E-state index contributed by atoms with van der Waals surface area (Å²) in [5, 5.41) is 5.49. The van der Waals surface area contributed by atoms with Crippen molar-refractivity contribution in [2.24, 2.45) is 10.8 Å². The van der Waals surface area contributed by atoms with Gasteiger partial charge in [-0.3, -0.25) is 33.8 Å². The van der Waals surface area contributed by atoms with Gasteiger partial charge in [0.25, 0.3) is 11.5 Å². The summed E-state index contributed by atoms with van der Waals surface area (Å²) in [6, 6.07) is 4.16. The molecule has 3 rings (SSSR count). The first-order chi connectivity index (χ1) is 16.2. The lowest BCUT2D eigenvalue weighted by Gasteiger charge is -2.24. The zero-order valence-corrected chi connectivity index (χ0v) is 18.8. The van der Waals surface area contributed by atoms with E-state index in [4.69, 9.17) is 16.2 Å². The number of primary amides is 1. The maximum absolute atomic E-state index is 13.5. The molecule has 2 aromatic rings. The van der Waals surface area contributed by atoms with E-state index < -0.39 is 34.9 Å². The number of H-pyrrole nitrogens is 1. The molecule has 1 aliphatic heterocycles. The number of hydrogen-bond donors (Lipinski definition) is 3. The average molecular weight is 475 g/mol. The van der Waals surface area contributed by atoms with Crippen LogP contribution < -0.4 is 32.6 Å². The van der Waals surface area contributed by atoms with Gasteiger partial charge >= 0.3 is 5.69 Å². The Bertz CT molecular complexity index is 1220. The number of methoxy groups -OCH3 is 1. The Morgan fingerprint density at radius 1 is 1.29 bits per heavy atom. The zero-order valence-electron chi connectivity index (χ0n) is 18.8. The highest BCUT2D eigenvalue weighted by Crippen LogP contribution is 2.27. The molecule has 34 heavy (non-hydrogen) atoms. The van der Waals surface area contributed by atoms with Crippen LogP contribution in [0.4, 0.5) is 21.6 Å². The first kappa shape index (κ1) is 24.6. The van der Waals surface area contributed by atoms with E-state index in [1.807, 2.05) is 6.92 Å². The summed E-state index contributed by atoms with van der Waals surface area (Å²) in [5.41, 5.74) is 10.2. The maximum atomic E-state index is 13.5. The molecule has 1 aliphatic rings. The van der Waals surface area contributed by atoms with Crippen molar-refractivity contribution in [3.63, 3.8) is 0 Å². The predicted octanol–water partition coefficient (Wildman–Crippen LogP) is -0.232. The van der Waals surface area contributed by atoms with Crippen LogP contribution in [-0.4, -0.2) is 53.4 Å². The number of nitrogen functional groups attached to an aromatic ring is 1. The van der Waals surface area contributed by atoms with Gasteiger partial charge < -0.3 is 16.2 Å². The smallest absolute Gasteiger partial charge is 0.330 e. The van der Waals surface area contributed by atoms with Crippen molar-refractivity contribution in [1.29, 1.82) is 0 Å². The topological polar surface area (TPSA) is 169 Å². The molecule has 0 saturated carbocycles. The van der Waals surface area contributed by atoms with Crippen molar-refractivity contribution >= 4 is 34.7 Å². The van der Waals surface area contributed by atoms with E-state index in [0.717, 1.165) is 9.47 Å². The molecular weight excluding hydrogens is 449 g/mol. The first-order valence-electron chi connectivity index (χ1n) is 10.5. The number of amides is 2. The summed E-state index contributed by atoms with van der Waals surface area (Å²) in [6.07, 6.45) is 0.405. The van der Waals surface area contributed by atoms with Crippen LogP contribution in [0.25, 0.3) is 0 Å². The van der Waals surface area contributed by atoms with Crippen LogP contribution in [-0.2, 0) is 20.9 Å². The summed E-state index contributed by atoms with van der Waals surface area (Å²) < 4.78 is 19.6. The molecule has 182 valence electrons. The van der Waals surface area contributed by atoms with Gasteiger partial charge in [0, 0.05) is 26.6 Å². The minimum absolute atomic E-state index is 0.0473. The summed E-state index contributed by atoms with van der Waals surface area (Å²) >= 11 is 0. The predicted molar refractivity (Wildman–Crippen MR) is 124 cm³/mol. The van der Waals surface area contributed by atoms with Crippen molar-refractivity contribution in [2.75, 3.05) is 35.9 Å². The second-order valence-corrected chi connectivity index (χ2v) is 7.58. The fourth-order valence-electron chi connectivity index (χ4n) is 3.63. The summed E-state index contributed by atoms with van der Waals surface area (Å²) in [6.45, 7) is 2.02. The third-order valence-electron chi connectivity index (χ3n) is 5.27. The van der Waals surface area contributed by atoms with Crippen LogP contribution in [0.1, 0.15) is 19.8 Å². The lowest BCUT2D eigenvalue weighted by Crippen LogP contribution is -2.45. The molecule has 13 heteroatoms. The van der Waals surface area contributed by atoms with Crippen LogP contribution in [0.5, 0.6) is 0 Å². The zero-order chi connectivity index (χ0) is 25.0. The van der Waals surface area contributed by atoms with Crippen molar-refractivity contribution in [1.82, 2.24) is 9.55 Å². The molecule has 1 aromatic heterocycles. The van der Waals surface area contributed by atoms with Gasteiger partial charge in [0.15, 0.2) is 5.69 Å². The van der Waals surface area contributed by atoms with E-state index in [1.54, 1.807) is 0 Å². The fourth-order valence-corrected chi connectivity index (χ4v) is 3.63. The van der Waals surface area contributed by atoms with Crippen molar-refractivity contribution in [2.45, 2.75) is 32.4 Å². The number of rotatable bonds is 9. The van der Waals surface area contributed by atoms with E-state index in [2.05, 4.69) is 10.1 Å². The lowest BCUT2D eigenvalue weighted by atomic mass is 10.1. The maximum Gasteiger partial charge on any atom is 0.330 e. The second-order valence-electron chi connectivity index (χ2n) is 7.58. The van der Waals surface area contributed by atoms with Crippen LogP contribution in [0.15, 0.2) is 39.0 Å². The molecule has 0 bridgehead atoms. The Morgan fingerprint density at radius 3 is 2.56 bits per heavy atom. The molecule has 1 atom stereocenters. The molecule has 1 aromatic carbocycles. The van der Waals surface area contributed by atoms with Crippen LogP contribution >= 0.6 is 0 Å². The van der Waals surface area contributed by atoms with E-state index in [1.165, 1.54) is 36.4 Å². The van der Waals surface area contributed by atoms with Gasteiger partial charge in [-0.25, -0.2) is 9.18 Å². The monoisotopic (exact) mass is 475 g/mol. The molecule has 0 fully saturated rings. The number of halogens is 1. The summed E-state index contributed by atoms with van der Waals surface area (Å²) in [4.78, 5) is 53.7. The number of carbonyl (C=O) groups is 2. The van der Waals surface area contributed by atoms with Gasteiger partial charge in [0.05, 0.1) is 12.3 Å². The molecule has 2 amide bonds. The fraction of sp³-hybridized carbons (Fsp3) is 0.381. The number of hydrogen-bond acceptors (Lipinski definition) is 8. The highest BCUT2D eigenvalue weighted by atomic mass is 19.1. The molecule has 2 heterocycles. The van der Waals surface area contributed by atoms with Gasteiger partial charge in [0.1, 0.15) is 23.4 Å². The Morgan fingerprint density at radius 2 is 1.97 bits per heavy atom. The Balaban J connectivity index is 2.07. The van der Waals surface area contributed by atoms with Gasteiger partial charge in [-0.2, -0.15) is 5.10 Å². The van der Waals surface area contributed by atoms with Gasteiger partial charge in [0.2, 0.25) is 5.91 Å². The lowest BCUT2D eigenvalue weighted by molar-refractivity contribution is -0.119. The number of ether oxygens (including phenoxy) is 1. The number of nitrogens with two attached hydrogens (primary N) is 2. The molecule has 0 aliphatic carbocycles. The Hall–Kier alpha value is -4.00. The van der Waals surface area contributed by atoms with E-state index >= 15 is 0 Å². The highest BCUT2D eigenvalue weighted by molar-refractivity contribution is 6.45. The number of benzene rings is 1. The summed E-state index contributed by atoms with van der Waals surface area (Å²) in [7, 11) is 1.42. The van der Waals surface area contributed by atoms with Gasteiger partial charge in [-0.15, -0.1) is 0 Å². The molecular formula is C21H26FN7O5. The molecule has 5 N–H and O–H groups in total. The number of anilines is 3. The van der Waals surface area contributed by atoms with E-state index in [9.17, 15) is 23.6 Å². The minimum Gasteiger partial charge on any atom is -0.383 e. The number of nitrogens with one attached hydrogen (secondary N) is 1. The number of carbonyl (C=O) groups excluding carboxylic acids is 2. The summed E-state index contributed by atoms with van der Waals surface area (Å²) in [5.74, 6) is -2.12. The van der Waals surface area contributed by atoms with E-state index in [-0.39, 0.29) is 43.3 Å². The number of hydrazone groups is 1. The molecule has 0 saturated heterocycles. The van der Waals surface area contributed by atoms with Crippen molar-refractivity contribution in [3.05, 3.63) is 50.9 Å². The van der Waals surface area contributed by atoms with E-state index in [0.29, 0.717) is 12.1 Å². The molecule has 0 spiro atoms. The second kappa shape index (κ2) is 10.3. The van der Waals surface area contributed by atoms with Gasteiger partial charge in [-0.1, -0.05) is 6.92 Å². The van der Waals surface area contributed by atoms with Crippen LogP contribution in [0.2, 0.25) is 0 Å². The minimum atomic E-state index is -1.00. The first-order valence-corrected chi connectivity index (χ1v) is 10.5.